The van der Waals surface area contributed by atoms with Gasteiger partial charge in [0.05, 0.1) is 6.20 Å². The number of hydrogen-bond acceptors (Lipinski definition) is 4. The summed E-state index contributed by atoms with van der Waals surface area (Å²) >= 11 is 0. The van der Waals surface area contributed by atoms with Crippen LogP contribution in [0.1, 0.15) is 6.92 Å². The molecule has 1 aromatic rings. The highest BCUT2D eigenvalue weighted by Gasteiger charge is 2.47. The first-order valence-corrected chi connectivity index (χ1v) is 7.66. The Morgan fingerprint density at radius 3 is 2.83 bits per heavy atom. The lowest BCUT2D eigenvalue weighted by atomic mass is 9.95. The summed E-state index contributed by atoms with van der Waals surface area (Å²) in [5.74, 6) is 0.885. The molecule has 0 aliphatic carbocycles. The van der Waals surface area contributed by atoms with E-state index in [4.69, 9.17) is 0 Å². The summed E-state index contributed by atoms with van der Waals surface area (Å²) in [5.41, 5.74) is 0. The molecule has 3 unspecified atom stereocenters. The second-order valence-electron chi connectivity index (χ2n) is 5.19. The largest absolute Gasteiger partial charge is 0.316 e. The highest BCUT2D eigenvalue weighted by atomic mass is 32.2. The standard InChI is InChI=1S/C11H18N4O2S/c1-8-10-6-12-5-9(10)7-15(8)18(16,17)11-3-4-13-14(11)2/h3-4,8-10,12H,5-7H2,1-2H3. The minimum atomic E-state index is -3.41. The van der Waals surface area contributed by atoms with E-state index in [2.05, 4.69) is 10.4 Å². The Morgan fingerprint density at radius 2 is 2.22 bits per heavy atom. The van der Waals surface area contributed by atoms with Crippen molar-refractivity contribution < 1.29 is 8.42 Å². The van der Waals surface area contributed by atoms with Crippen molar-refractivity contribution in [2.45, 2.75) is 18.0 Å². The molecule has 1 aromatic heterocycles. The Kier molecular flexibility index (Phi) is 2.72. The Labute approximate surface area is 107 Å². The van der Waals surface area contributed by atoms with E-state index in [1.807, 2.05) is 6.92 Å². The van der Waals surface area contributed by atoms with Gasteiger partial charge in [0, 0.05) is 19.6 Å². The molecule has 2 saturated heterocycles. The zero-order chi connectivity index (χ0) is 12.9. The maximum Gasteiger partial charge on any atom is 0.260 e. The molecule has 1 N–H and O–H groups in total. The molecule has 2 aliphatic heterocycles. The smallest absolute Gasteiger partial charge is 0.260 e. The lowest BCUT2D eigenvalue weighted by Gasteiger charge is -2.23. The number of aryl methyl sites for hydroxylation is 1. The molecule has 3 heterocycles. The van der Waals surface area contributed by atoms with Crippen LogP contribution in [-0.2, 0) is 17.1 Å². The Bertz CT molecular complexity index is 553. The zero-order valence-electron chi connectivity index (χ0n) is 10.6. The van der Waals surface area contributed by atoms with E-state index in [1.54, 1.807) is 17.4 Å². The van der Waals surface area contributed by atoms with Crippen molar-refractivity contribution in [1.29, 1.82) is 0 Å². The predicted octanol–water partition coefficient (Wildman–Crippen LogP) is -0.351. The van der Waals surface area contributed by atoms with Gasteiger partial charge in [-0.25, -0.2) is 8.42 Å². The first-order valence-electron chi connectivity index (χ1n) is 6.22. The average molecular weight is 270 g/mol. The number of rotatable bonds is 2. The molecule has 7 heteroatoms. The summed E-state index contributed by atoms with van der Waals surface area (Å²) in [7, 11) is -1.75. The van der Waals surface area contributed by atoms with Gasteiger partial charge in [0.25, 0.3) is 10.0 Å². The van der Waals surface area contributed by atoms with Gasteiger partial charge in [-0.05, 0) is 37.9 Å². The summed E-state index contributed by atoms with van der Waals surface area (Å²) in [5, 5.41) is 7.56. The van der Waals surface area contributed by atoms with Gasteiger partial charge in [0.15, 0.2) is 5.03 Å². The van der Waals surface area contributed by atoms with Crippen LogP contribution in [0.25, 0.3) is 0 Å². The SMILES string of the molecule is CC1C2CNCC2CN1S(=O)(=O)c1ccnn1C. The van der Waals surface area contributed by atoms with Crippen molar-refractivity contribution in [3.8, 4) is 0 Å². The van der Waals surface area contributed by atoms with Crippen molar-refractivity contribution in [3.63, 3.8) is 0 Å². The number of nitrogens with one attached hydrogen (secondary N) is 1. The number of nitrogens with zero attached hydrogens (tertiary/aromatic N) is 3. The highest BCUT2D eigenvalue weighted by molar-refractivity contribution is 7.89. The van der Waals surface area contributed by atoms with Crippen LogP contribution in [0, 0.1) is 11.8 Å². The molecule has 3 rings (SSSR count). The number of fused-ring (bicyclic) bond motifs is 1. The molecule has 0 spiro atoms. The van der Waals surface area contributed by atoms with Crippen LogP contribution >= 0.6 is 0 Å². The summed E-state index contributed by atoms with van der Waals surface area (Å²) in [6.07, 6.45) is 1.52. The maximum atomic E-state index is 12.6. The van der Waals surface area contributed by atoms with E-state index >= 15 is 0 Å². The van der Waals surface area contributed by atoms with E-state index in [0.717, 1.165) is 13.1 Å². The molecule has 2 aliphatic rings. The fourth-order valence-corrected chi connectivity index (χ4v) is 5.02. The van der Waals surface area contributed by atoms with Gasteiger partial charge in [-0.15, -0.1) is 0 Å². The lowest BCUT2D eigenvalue weighted by Crippen LogP contribution is -2.38. The van der Waals surface area contributed by atoms with E-state index in [-0.39, 0.29) is 11.1 Å². The van der Waals surface area contributed by atoms with Gasteiger partial charge in [-0.2, -0.15) is 9.40 Å². The summed E-state index contributed by atoms with van der Waals surface area (Å²) in [6.45, 7) is 4.47. The number of hydrogen-bond donors (Lipinski definition) is 1. The van der Waals surface area contributed by atoms with Crippen LogP contribution < -0.4 is 5.32 Å². The fraction of sp³-hybridized carbons (Fsp3) is 0.727. The summed E-state index contributed by atoms with van der Waals surface area (Å²) < 4.78 is 28.3. The van der Waals surface area contributed by atoms with Crippen LogP contribution in [0.3, 0.4) is 0 Å². The average Bonchev–Trinajstić information content (AvgIpc) is 2.96. The van der Waals surface area contributed by atoms with Crippen LogP contribution in [0.15, 0.2) is 17.3 Å². The third-order valence-electron chi connectivity index (χ3n) is 4.23. The van der Waals surface area contributed by atoms with Crippen molar-refractivity contribution in [2.75, 3.05) is 19.6 Å². The topological polar surface area (TPSA) is 67.2 Å². The van der Waals surface area contributed by atoms with E-state index in [0.29, 0.717) is 18.4 Å². The van der Waals surface area contributed by atoms with Gasteiger partial charge in [0.2, 0.25) is 0 Å². The Morgan fingerprint density at radius 1 is 1.44 bits per heavy atom. The normalized spacial score (nSPS) is 32.9. The lowest BCUT2D eigenvalue weighted by molar-refractivity contribution is 0.357. The van der Waals surface area contributed by atoms with Gasteiger partial charge < -0.3 is 5.32 Å². The second kappa shape index (κ2) is 4.04. The monoisotopic (exact) mass is 270 g/mol. The Balaban J connectivity index is 1.94. The molecule has 0 amide bonds. The number of sulfonamides is 1. The second-order valence-corrected chi connectivity index (χ2v) is 7.03. The van der Waals surface area contributed by atoms with Crippen LogP contribution in [0.4, 0.5) is 0 Å². The van der Waals surface area contributed by atoms with Crippen LogP contribution in [-0.4, -0.2) is 48.2 Å². The third-order valence-corrected chi connectivity index (χ3v) is 6.26. The maximum absolute atomic E-state index is 12.6. The van der Waals surface area contributed by atoms with Crippen molar-refractivity contribution in [2.24, 2.45) is 18.9 Å². The van der Waals surface area contributed by atoms with Crippen LogP contribution in [0.5, 0.6) is 0 Å². The highest BCUT2D eigenvalue weighted by Crippen LogP contribution is 2.35. The van der Waals surface area contributed by atoms with E-state index in [9.17, 15) is 8.42 Å². The molecule has 0 bridgehead atoms. The van der Waals surface area contributed by atoms with Crippen molar-refractivity contribution in [3.05, 3.63) is 12.3 Å². The van der Waals surface area contributed by atoms with Gasteiger partial charge in [0.1, 0.15) is 0 Å². The molecule has 6 nitrogen and oxygen atoms in total. The number of aromatic nitrogens is 2. The van der Waals surface area contributed by atoms with Gasteiger partial charge in [-0.3, -0.25) is 4.68 Å². The summed E-state index contributed by atoms with van der Waals surface area (Å²) in [4.78, 5) is 0. The fourth-order valence-electron chi connectivity index (χ4n) is 3.18. The quantitative estimate of drug-likeness (QED) is 0.797. The minimum absolute atomic E-state index is 0.0601. The third kappa shape index (κ3) is 1.61. The van der Waals surface area contributed by atoms with Crippen molar-refractivity contribution in [1.82, 2.24) is 19.4 Å². The Hall–Kier alpha value is -0.920. The van der Waals surface area contributed by atoms with Gasteiger partial charge >= 0.3 is 0 Å². The summed E-state index contributed by atoms with van der Waals surface area (Å²) in [6, 6.07) is 1.62. The first kappa shape index (κ1) is 12.1. The zero-order valence-corrected chi connectivity index (χ0v) is 11.4. The molecule has 3 atom stereocenters. The predicted molar refractivity (Wildman–Crippen MR) is 66.4 cm³/mol. The molecule has 100 valence electrons. The van der Waals surface area contributed by atoms with Crippen molar-refractivity contribution >= 4 is 10.0 Å². The van der Waals surface area contributed by atoms with Gasteiger partial charge in [-0.1, -0.05) is 0 Å². The molecule has 18 heavy (non-hydrogen) atoms. The molecular formula is C11H18N4O2S. The minimum Gasteiger partial charge on any atom is -0.316 e. The molecule has 0 aromatic carbocycles. The molecular weight excluding hydrogens is 252 g/mol. The first-order chi connectivity index (χ1) is 8.51. The molecule has 0 saturated carbocycles. The molecule has 0 radical (unpaired) electrons. The molecule has 2 fully saturated rings. The van der Waals surface area contributed by atoms with E-state index in [1.165, 1.54) is 10.9 Å². The van der Waals surface area contributed by atoms with Crippen LogP contribution in [0.2, 0.25) is 0 Å². The van der Waals surface area contributed by atoms with E-state index < -0.39 is 10.0 Å².